The Kier molecular flexibility index (Phi) is 4.47. The number of nitrogens with zero attached hydrogens (tertiary/aromatic N) is 1. The molecule has 0 N–H and O–H groups in total. The van der Waals surface area contributed by atoms with E-state index in [0.29, 0.717) is 12.2 Å². The van der Waals surface area contributed by atoms with Crippen LogP contribution in [0.25, 0.3) is 11.0 Å². The van der Waals surface area contributed by atoms with E-state index in [4.69, 9.17) is 9.15 Å². The number of hydrogen-bond donors (Lipinski definition) is 0. The summed E-state index contributed by atoms with van der Waals surface area (Å²) in [5.74, 6) is 1.61. The second kappa shape index (κ2) is 7.03. The Morgan fingerprint density at radius 2 is 1.86 bits per heavy atom. The number of likely N-dealkylation sites (tertiary alicyclic amines) is 1. The third-order valence-electron chi connectivity index (χ3n) is 6.42. The SMILES string of the molecule is CC1(C)c2cc(OCCN3CCCCC3)ccc2C(=O)c2c1oc1ccccc21. The van der Waals surface area contributed by atoms with Crippen molar-refractivity contribution in [2.24, 2.45) is 0 Å². The van der Waals surface area contributed by atoms with Crippen LogP contribution in [0, 0.1) is 0 Å². The molecule has 0 unspecified atom stereocenters. The van der Waals surface area contributed by atoms with Gasteiger partial charge in [0.1, 0.15) is 23.7 Å². The van der Waals surface area contributed by atoms with E-state index in [1.807, 2.05) is 42.5 Å². The highest BCUT2D eigenvalue weighted by Gasteiger charge is 2.41. The van der Waals surface area contributed by atoms with Crippen molar-refractivity contribution in [3.8, 4) is 5.75 Å². The van der Waals surface area contributed by atoms with Crippen LogP contribution in [-0.4, -0.2) is 36.9 Å². The van der Waals surface area contributed by atoms with Gasteiger partial charge in [0.2, 0.25) is 0 Å². The first-order chi connectivity index (χ1) is 14.1. The minimum absolute atomic E-state index is 0.0409. The van der Waals surface area contributed by atoms with Gasteiger partial charge in [-0.3, -0.25) is 9.69 Å². The summed E-state index contributed by atoms with van der Waals surface area (Å²) >= 11 is 0. The second-order valence-electron chi connectivity index (χ2n) is 8.71. The summed E-state index contributed by atoms with van der Waals surface area (Å²) in [5, 5.41) is 0.896. The molecule has 0 atom stereocenters. The summed E-state index contributed by atoms with van der Waals surface area (Å²) in [4.78, 5) is 15.8. The number of ether oxygens (including phenoxy) is 1. The summed E-state index contributed by atoms with van der Waals surface area (Å²) in [7, 11) is 0. The number of fused-ring (bicyclic) bond motifs is 4. The number of carbonyl (C=O) groups excluding carboxylic acids is 1. The summed E-state index contributed by atoms with van der Waals surface area (Å²) in [6.45, 7) is 8.21. The van der Waals surface area contributed by atoms with Crippen LogP contribution >= 0.6 is 0 Å². The lowest BCUT2D eigenvalue weighted by molar-refractivity contribution is 0.102. The van der Waals surface area contributed by atoms with Crippen molar-refractivity contribution in [3.05, 3.63) is 64.9 Å². The lowest BCUT2D eigenvalue weighted by Crippen LogP contribution is -2.33. The molecule has 1 fully saturated rings. The molecule has 0 radical (unpaired) electrons. The molecule has 1 aliphatic heterocycles. The lowest BCUT2D eigenvalue weighted by atomic mass is 9.72. The number of hydrogen-bond acceptors (Lipinski definition) is 4. The van der Waals surface area contributed by atoms with E-state index in [2.05, 4.69) is 18.7 Å². The second-order valence-corrected chi connectivity index (χ2v) is 8.71. The average molecular weight is 389 g/mol. The predicted molar refractivity (Wildman–Crippen MR) is 114 cm³/mol. The number of carbonyl (C=O) groups is 1. The number of benzene rings is 2. The molecule has 1 aliphatic carbocycles. The Labute approximate surface area is 171 Å². The van der Waals surface area contributed by atoms with Gasteiger partial charge in [-0.2, -0.15) is 0 Å². The highest BCUT2D eigenvalue weighted by atomic mass is 16.5. The molecule has 29 heavy (non-hydrogen) atoms. The molecule has 3 aromatic rings. The minimum atomic E-state index is -0.399. The number of piperidine rings is 1. The van der Waals surface area contributed by atoms with Crippen molar-refractivity contribution in [3.63, 3.8) is 0 Å². The maximum Gasteiger partial charge on any atom is 0.197 e. The number of ketones is 1. The number of furan rings is 1. The Balaban J connectivity index is 1.44. The van der Waals surface area contributed by atoms with Crippen LogP contribution < -0.4 is 4.74 Å². The van der Waals surface area contributed by atoms with Gasteiger partial charge in [0.25, 0.3) is 0 Å². The number of rotatable bonds is 4. The molecule has 4 nitrogen and oxygen atoms in total. The monoisotopic (exact) mass is 389 g/mol. The van der Waals surface area contributed by atoms with Gasteiger partial charge in [0.15, 0.2) is 5.78 Å². The smallest absolute Gasteiger partial charge is 0.197 e. The molecule has 2 heterocycles. The van der Waals surface area contributed by atoms with Gasteiger partial charge >= 0.3 is 0 Å². The topological polar surface area (TPSA) is 42.7 Å². The molecule has 0 bridgehead atoms. The fraction of sp³-hybridized carbons (Fsp3) is 0.400. The molecular formula is C25H27NO3. The van der Waals surface area contributed by atoms with Crippen molar-refractivity contribution < 1.29 is 13.9 Å². The van der Waals surface area contributed by atoms with E-state index in [1.165, 1.54) is 32.4 Å². The highest BCUT2D eigenvalue weighted by Crippen LogP contribution is 2.46. The molecular weight excluding hydrogens is 362 g/mol. The third-order valence-corrected chi connectivity index (χ3v) is 6.42. The van der Waals surface area contributed by atoms with Gasteiger partial charge in [-0.25, -0.2) is 0 Å². The zero-order valence-corrected chi connectivity index (χ0v) is 17.2. The van der Waals surface area contributed by atoms with Gasteiger partial charge in [-0.15, -0.1) is 0 Å². The van der Waals surface area contributed by atoms with Crippen LogP contribution in [0.2, 0.25) is 0 Å². The van der Waals surface area contributed by atoms with Crippen LogP contribution in [-0.2, 0) is 5.41 Å². The van der Waals surface area contributed by atoms with Crippen LogP contribution in [0.3, 0.4) is 0 Å². The first-order valence-electron chi connectivity index (χ1n) is 10.6. The van der Waals surface area contributed by atoms with Gasteiger partial charge in [0, 0.05) is 22.9 Å². The van der Waals surface area contributed by atoms with E-state index in [-0.39, 0.29) is 5.78 Å². The summed E-state index contributed by atoms with van der Waals surface area (Å²) < 4.78 is 12.2. The standard InChI is InChI=1S/C25H27NO3/c1-25(2)20-16-17(28-15-14-26-12-6-3-7-13-26)10-11-18(20)23(27)22-19-8-4-5-9-21(19)29-24(22)25/h4-5,8-11,16H,3,6-7,12-15H2,1-2H3. The van der Waals surface area contributed by atoms with Crippen molar-refractivity contribution in [1.29, 1.82) is 0 Å². The molecule has 150 valence electrons. The van der Waals surface area contributed by atoms with E-state index < -0.39 is 5.41 Å². The van der Waals surface area contributed by atoms with Crippen molar-refractivity contribution in [2.75, 3.05) is 26.2 Å². The van der Waals surface area contributed by atoms with Crippen molar-refractivity contribution in [1.82, 2.24) is 4.90 Å². The van der Waals surface area contributed by atoms with Crippen LogP contribution in [0.1, 0.15) is 60.4 Å². The van der Waals surface area contributed by atoms with Crippen LogP contribution in [0.5, 0.6) is 5.75 Å². The van der Waals surface area contributed by atoms with Crippen molar-refractivity contribution in [2.45, 2.75) is 38.5 Å². The zero-order valence-electron chi connectivity index (χ0n) is 17.2. The Morgan fingerprint density at radius 1 is 1.07 bits per heavy atom. The minimum Gasteiger partial charge on any atom is -0.492 e. The summed E-state index contributed by atoms with van der Waals surface area (Å²) in [6.07, 6.45) is 3.92. The average Bonchev–Trinajstić information content (AvgIpc) is 3.14. The molecule has 5 rings (SSSR count). The molecule has 1 saturated heterocycles. The zero-order chi connectivity index (χ0) is 20.0. The lowest BCUT2D eigenvalue weighted by Gasteiger charge is -2.31. The maximum atomic E-state index is 13.3. The molecule has 0 saturated carbocycles. The van der Waals surface area contributed by atoms with Crippen LogP contribution in [0.4, 0.5) is 0 Å². The maximum absolute atomic E-state index is 13.3. The molecule has 0 spiro atoms. The fourth-order valence-electron chi connectivity index (χ4n) is 4.77. The first kappa shape index (κ1) is 18.4. The molecule has 2 aromatic carbocycles. The summed E-state index contributed by atoms with van der Waals surface area (Å²) in [5.41, 5.74) is 2.80. The van der Waals surface area contributed by atoms with Crippen LogP contribution in [0.15, 0.2) is 46.9 Å². The Hall–Kier alpha value is -2.59. The van der Waals surface area contributed by atoms with Crippen molar-refractivity contribution >= 4 is 16.8 Å². The largest absolute Gasteiger partial charge is 0.492 e. The highest BCUT2D eigenvalue weighted by molar-refractivity contribution is 6.19. The Morgan fingerprint density at radius 3 is 2.69 bits per heavy atom. The predicted octanol–water partition coefficient (Wildman–Crippen LogP) is 5.17. The quantitative estimate of drug-likeness (QED) is 0.618. The molecule has 1 aromatic heterocycles. The molecule has 2 aliphatic rings. The Bertz CT molecular complexity index is 1070. The van der Waals surface area contributed by atoms with Gasteiger partial charge < -0.3 is 9.15 Å². The van der Waals surface area contributed by atoms with E-state index in [0.717, 1.165) is 40.2 Å². The molecule has 0 amide bonds. The van der Waals surface area contributed by atoms with Gasteiger partial charge in [-0.1, -0.05) is 24.6 Å². The number of para-hydroxylation sites is 1. The first-order valence-corrected chi connectivity index (χ1v) is 10.6. The molecule has 4 heteroatoms. The third kappa shape index (κ3) is 3.06. The van der Waals surface area contributed by atoms with E-state index in [1.54, 1.807) is 0 Å². The fourth-order valence-corrected chi connectivity index (χ4v) is 4.77. The van der Waals surface area contributed by atoms with Gasteiger partial charge in [0.05, 0.1) is 5.56 Å². The summed E-state index contributed by atoms with van der Waals surface area (Å²) in [6, 6.07) is 13.7. The normalized spacial score (nSPS) is 18.5. The van der Waals surface area contributed by atoms with E-state index >= 15 is 0 Å². The van der Waals surface area contributed by atoms with E-state index in [9.17, 15) is 4.79 Å². The van der Waals surface area contributed by atoms with Gasteiger partial charge in [-0.05, 0) is 69.6 Å².